The molecule has 0 radical (unpaired) electrons. The van der Waals surface area contributed by atoms with E-state index in [2.05, 4.69) is 22.0 Å². The lowest BCUT2D eigenvalue weighted by Crippen LogP contribution is -2.35. The number of rotatable bonds is 10. The number of esters is 1. The third kappa shape index (κ3) is 11.5. The van der Waals surface area contributed by atoms with Crippen LogP contribution in [0.15, 0.2) is 53.0 Å². The number of carbonyl (C=O) groups excluding carboxylic acids is 2. The van der Waals surface area contributed by atoms with Gasteiger partial charge in [-0.15, -0.1) is 0 Å². The molecule has 0 fully saturated rings. The van der Waals surface area contributed by atoms with Crippen LogP contribution in [0.25, 0.3) is 0 Å². The number of hydrogen-bond donors (Lipinski definition) is 0. The first-order valence-corrected chi connectivity index (χ1v) is 13.1. The molecule has 0 bridgehead atoms. The van der Waals surface area contributed by atoms with Crippen LogP contribution in [0, 0.1) is 5.92 Å². The van der Waals surface area contributed by atoms with Gasteiger partial charge in [0.2, 0.25) is 0 Å². The minimum Gasteiger partial charge on any atom is -0.489 e. The fourth-order valence-corrected chi connectivity index (χ4v) is 3.93. The molecule has 0 spiro atoms. The maximum Gasteiger partial charge on any atom is 0.410 e. The fourth-order valence-electron chi connectivity index (χ4n) is 3.55. The van der Waals surface area contributed by atoms with Crippen LogP contribution in [0.2, 0.25) is 0 Å². The summed E-state index contributed by atoms with van der Waals surface area (Å²) < 4.78 is 18.0. The van der Waals surface area contributed by atoms with E-state index in [4.69, 9.17) is 14.2 Å². The zero-order valence-electron chi connectivity index (χ0n) is 22.6. The fraction of sp³-hybridized carbons (Fsp3) is 0.517. The summed E-state index contributed by atoms with van der Waals surface area (Å²) in [6, 6.07) is 15.8. The van der Waals surface area contributed by atoms with Gasteiger partial charge in [0.25, 0.3) is 0 Å². The number of nitrogens with zero attached hydrogens (tertiary/aromatic N) is 1. The first-order valence-electron chi connectivity index (χ1n) is 12.3. The second kappa shape index (κ2) is 13.1. The van der Waals surface area contributed by atoms with Crippen LogP contribution in [-0.4, -0.2) is 41.8 Å². The third-order valence-electron chi connectivity index (χ3n) is 5.17. The highest BCUT2D eigenvalue weighted by Gasteiger charge is 2.26. The Morgan fingerprint density at radius 1 is 0.917 bits per heavy atom. The van der Waals surface area contributed by atoms with Gasteiger partial charge < -0.3 is 19.1 Å². The normalized spacial score (nSPS) is 12.6. The smallest absolute Gasteiger partial charge is 0.410 e. The molecule has 0 heterocycles. The molecule has 1 unspecified atom stereocenters. The van der Waals surface area contributed by atoms with Gasteiger partial charge in [-0.2, -0.15) is 0 Å². The second-order valence-electron chi connectivity index (χ2n) is 11.0. The first-order chi connectivity index (χ1) is 16.7. The van der Waals surface area contributed by atoms with Crippen molar-refractivity contribution in [2.45, 2.75) is 78.6 Å². The Balaban J connectivity index is 2.03. The topological polar surface area (TPSA) is 65.1 Å². The first kappa shape index (κ1) is 29.7. The van der Waals surface area contributed by atoms with Gasteiger partial charge in [-0.05, 0) is 90.1 Å². The highest BCUT2D eigenvalue weighted by molar-refractivity contribution is 9.10. The predicted octanol–water partition coefficient (Wildman–Crippen LogP) is 7.18. The molecule has 0 saturated heterocycles. The van der Waals surface area contributed by atoms with Crippen molar-refractivity contribution in [3.63, 3.8) is 0 Å². The third-order valence-corrected chi connectivity index (χ3v) is 5.66. The zero-order chi connectivity index (χ0) is 26.9. The molecule has 36 heavy (non-hydrogen) atoms. The molecule has 0 aliphatic heterocycles. The summed E-state index contributed by atoms with van der Waals surface area (Å²) in [6.45, 7) is 12.1. The van der Waals surface area contributed by atoms with Crippen LogP contribution < -0.4 is 4.74 Å². The van der Waals surface area contributed by atoms with Crippen LogP contribution in [0.1, 0.15) is 65.5 Å². The van der Waals surface area contributed by atoms with Crippen molar-refractivity contribution in [3.05, 3.63) is 64.1 Å². The molecule has 198 valence electrons. The van der Waals surface area contributed by atoms with E-state index in [0.717, 1.165) is 21.3 Å². The van der Waals surface area contributed by atoms with Gasteiger partial charge in [-0.1, -0.05) is 46.3 Å². The molecule has 2 rings (SSSR count). The summed E-state index contributed by atoms with van der Waals surface area (Å²) in [5, 5.41) is 0. The maximum absolute atomic E-state index is 13.0. The van der Waals surface area contributed by atoms with E-state index in [1.807, 2.05) is 84.0 Å². The Morgan fingerprint density at radius 2 is 1.56 bits per heavy atom. The molecule has 0 aliphatic carbocycles. The molecule has 0 saturated carbocycles. The minimum atomic E-state index is -0.567. The number of halogens is 1. The summed E-state index contributed by atoms with van der Waals surface area (Å²) in [4.78, 5) is 26.8. The molecule has 0 N–H and O–H groups in total. The largest absolute Gasteiger partial charge is 0.489 e. The minimum absolute atomic E-state index is 0.224. The van der Waals surface area contributed by atoms with E-state index >= 15 is 0 Å². The second-order valence-corrected chi connectivity index (χ2v) is 12.0. The van der Waals surface area contributed by atoms with Gasteiger partial charge in [0.05, 0.1) is 5.92 Å². The quantitative estimate of drug-likeness (QED) is 0.287. The van der Waals surface area contributed by atoms with Crippen molar-refractivity contribution >= 4 is 28.0 Å². The Bertz CT molecular complexity index is 1010. The molecule has 6 nitrogen and oxygen atoms in total. The standard InChI is InChI=1S/C29H40BrNO5/c1-28(2,3)35-26(32)23(13-10-16-31(7)27(33)36-29(4,5)6)18-21-11-8-12-22(17-21)20-34-25-15-9-14-24(30)19-25/h8-9,11-12,14-15,17,19,23H,10,13,16,18,20H2,1-7H3. The van der Waals surface area contributed by atoms with E-state index in [1.54, 1.807) is 11.9 Å². The molecular formula is C29H40BrNO5. The van der Waals surface area contributed by atoms with Gasteiger partial charge in [0.15, 0.2) is 0 Å². The highest BCUT2D eigenvalue weighted by Crippen LogP contribution is 2.22. The summed E-state index contributed by atoms with van der Waals surface area (Å²) in [7, 11) is 1.71. The monoisotopic (exact) mass is 561 g/mol. The van der Waals surface area contributed by atoms with Gasteiger partial charge in [0.1, 0.15) is 23.6 Å². The summed E-state index contributed by atoms with van der Waals surface area (Å²) in [5.74, 6) is 0.242. The zero-order valence-corrected chi connectivity index (χ0v) is 24.2. The Kier molecular flexibility index (Phi) is 10.8. The SMILES string of the molecule is CN(CCCC(Cc1cccc(COc2cccc(Br)c2)c1)C(=O)OC(C)(C)C)C(=O)OC(C)(C)C. The van der Waals surface area contributed by atoms with Crippen LogP contribution in [-0.2, 0) is 27.3 Å². The van der Waals surface area contributed by atoms with Gasteiger partial charge in [-0.25, -0.2) is 4.79 Å². The number of carbonyl (C=O) groups is 2. The van der Waals surface area contributed by atoms with E-state index < -0.39 is 11.2 Å². The van der Waals surface area contributed by atoms with Crippen molar-refractivity contribution in [2.75, 3.05) is 13.6 Å². The molecule has 2 aromatic rings. The predicted molar refractivity (Wildman–Crippen MR) is 146 cm³/mol. The summed E-state index contributed by atoms with van der Waals surface area (Å²) in [5.41, 5.74) is 0.958. The average molecular weight is 563 g/mol. The number of benzene rings is 2. The van der Waals surface area contributed by atoms with Gasteiger partial charge in [-0.3, -0.25) is 4.79 Å². The van der Waals surface area contributed by atoms with Crippen molar-refractivity contribution in [3.8, 4) is 5.75 Å². The molecule has 2 aromatic carbocycles. The van der Waals surface area contributed by atoms with E-state index in [-0.39, 0.29) is 18.0 Å². The van der Waals surface area contributed by atoms with Gasteiger partial charge >= 0.3 is 12.1 Å². The summed E-state index contributed by atoms with van der Waals surface area (Å²) in [6.07, 6.45) is 1.44. The molecule has 0 aliphatic rings. The van der Waals surface area contributed by atoms with E-state index in [9.17, 15) is 9.59 Å². The highest BCUT2D eigenvalue weighted by atomic mass is 79.9. The number of amides is 1. The van der Waals surface area contributed by atoms with E-state index in [1.165, 1.54) is 0 Å². The van der Waals surface area contributed by atoms with Crippen LogP contribution in [0.3, 0.4) is 0 Å². The van der Waals surface area contributed by atoms with Crippen LogP contribution >= 0.6 is 15.9 Å². The average Bonchev–Trinajstić information content (AvgIpc) is 2.75. The van der Waals surface area contributed by atoms with Crippen molar-refractivity contribution < 1.29 is 23.8 Å². The Morgan fingerprint density at radius 3 is 2.19 bits per heavy atom. The van der Waals surface area contributed by atoms with Crippen LogP contribution in [0.5, 0.6) is 5.75 Å². The van der Waals surface area contributed by atoms with Crippen LogP contribution in [0.4, 0.5) is 4.79 Å². The van der Waals surface area contributed by atoms with Crippen molar-refractivity contribution in [2.24, 2.45) is 5.92 Å². The Labute approximate surface area is 224 Å². The number of ether oxygens (including phenoxy) is 3. The maximum atomic E-state index is 13.0. The van der Waals surface area contributed by atoms with Gasteiger partial charge in [0, 0.05) is 18.1 Å². The summed E-state index contributed by atoms with van der Waals surface area (Å²) >= 11 is 3.46. The lowest BCUT2D eigenvalue weighted by atomic mass is 9.93. The van der Waals surface area contributed by atoms with Crippen molar-refractivity contribution in [1.82, 2.24) is 4.90 Å². The molecule has 0 aromatic heterocycles. The lowest BCUT2D eigenvalue weighted by Gasteiger charge is -2.26. The van der Waals surface area contributed by atoms with E-state index in [0.29, 0.717) is 32.4 Å². The lowest BCUT2D eigenvalue weighted by molar-refractivity contribution is -0.160. The molecule has 7 heteroatoms. The Hall–Kier alpha value is -2.54. The number of hydrogen-bond acceptors (Lipinski definition) is 5. The molecule has 1 amide bonds. The molecule has 1 atom stereocenters. The molecular weight excluding hydrogens is 522 g/mol. The van der Waals surface area contributed by atoms with Crippen molar-refractivity contribution in [1.29, 1.82) is 0 Å².